The Hall–Kier alpha value is -2.53. The Bertz CT molecular complexity index is 865. The molecule has 1 saturated heterocycles. The quantitative estimate of drug-likeness (QED) is 0.753. The number of rotatable bonds is 5. The number of halogens is 1. The lowest BCUT2D eigenvalue weighted by molar-refractivity contribution is 0.0929. The van der Waals surface area contributed by atoms with Crippen molar-refractivity contribution in [2.24, 2.45) is 0 Å². The minimum atomic E-state index is -0.630. The molecule has 0 spiro atoms. The molecule has 5 heteroatoms. The van der Waals surface area contributed by atoms with Crippen molar-refractivity contribution in [3.05, 3.63) is 65.0 Å². The maximum absolute atomic E-state index is 14.2. The van der Waals surface area contributed by atoms with Crippen LogP contribution in [0.3, 0.4) is 0 Å². The molecule has 4 rings (SSSR count). The number of fused-ring (bicyclic) bond motifs is 1. The van der Waals surface area contributed by atoms with E-state index in [-0.39, 0.29) is 41.5 Å². The summed E-state index contributed by atoms with van der Waals surface area (Å²) < 4.78 is 19.4. The molecule has 27 heavy (non-hydrogen) atoms. The van der Waals surface area contributed by atoms with Crippen LogP contribution in [0.1, 0.15) is 51.5 Å². The van der Waals surface area contributed by atoms with Crippen molar-refractivity contribution >= 4 is 11.6 Å². The van der Waals surface area contributed by atoms with Gasteiger partial charge in [-0.05, 0) is 36.6 Å². The SMILES string of the molecule is O=C(CCN1CCC(c2ccccc2)C1)c1cc(F)c2c(c1)C(=O)CCO2. The van der Waals surface area contributed by atoms with E-state index in [9.17, 15) is 14.0 Å². The van der Waals surface area contributed by atoms with Crippen LogP contribution >= 0.6 is 0 Å². The number of likely N-dealkylation sites (tertiary alicyclic amines) is 1. The fourth-order valence-corrected chi connectivity index (χ4v) is 3.93. The molecule has 0 saturated carbocycles. The number of ketones is 2. The third-order valence-electron chi connectivity index (χ3n) is 5.44. The summed E-state index contributed by atoms with van der Waals surface area (Å²) in [5, 5.41) is 0. The van der Waals surface area contributed by atoms with Gasteiger partial charge in [-0.2, -0.15) is 0 Å². The lowest BCUT2D eigenvalue weighted by atomic mass is 9.98. The van der Waals surface area contributed by atoms with Crippen molar-refractivity contribution in [3.8, 4) is 5.75 Å². The molecule has 2 aliphatic heterocycles. The van der Waals surface area contributed by atoms with Gasteiger partial charge in [0.15, 0.2) is 23.1 Å². The molecule has 0 aromatic heterocycles. The first-order valence-electron chi connectivity index (χ1n) is 9.42. The molecule has 1 atom stereocenters. The van der Waals surface area contributed by atoms with Crippen LogP contribution < -0.4 is 4.74 Å². The summed E-state index contributed by atoms with van der Waals surface area (Å²) in [5.74, 6) is -0.465. The number of carbonyl (C=O) groups excluding carboxylic acids is 2. The zero-order valence-electron chi connectivity index (χ0n) is 15.1. The van der Waals surface area contributed by atoms with Crippen LogP contribution in [0.4, 0.5) is 4.39 Å². The summed E-state index contributed by atoms with van der Waals surface area (Å²) in [7, 11) is 0. The van der Waals surface area contributed by atoms with Crippen LogP contribution in [0.15, 0.2) is 42.5 Å². The maximum atomic E-state index is 14.2. The van der Waals surface area contributed by atoms with E-state index in [4.69, 9.17) is 4.74 Å². The Morgan fingerprint density at radius 3 is 2.85 bits per heavy atom. The van der Waals surface area contributed by atoms with Crippen molar-refractivity contribution in [1.82, 2.24) is 4.90 Å². The summed E-state index contributed by atoms with van der Waals surface area (Å²) in [6.45, 7) is 2.72. The van der Waals surface area contributed by atoms with E-state index in [1.165, 1.54) is 17.7 Å². The van der Waals surface area contributed by atoms with Gasteiger partial charge in [0.1, 0.15) is 0 Å². The Labute approximate surface area is 157 Å². The highest BCUT2D eigenvalue weighted by Gasteiger charge is 2.26. The van der Waals surface area contributed by atoms with Gasteiger partial charge in [-0.3, -0.25) is 9.59 Å². The molecule has 0 aliphatic carbocycles. The third-order valence-corrected chi connectivity index (χ3v) is 5.44. The smallest absolute Gasteiger partial charge is 0.170 e. The molecule has 4 nitrogen and oxygen atoms in total. The first-order chi connectivity index (χ1) is 13.1. The van der Waals surface area contributed by atoms with Gasteiger partial charge in [-0.25, -0.2) is 4.39 Å². The monoisotopic (exact) mass is 367 g/mol. The van der Waals surface area contributed by atoms with Crippen LogP contribution in [0.5, 0.6) is 5.75 Å². The van der Waals surface area contributed by atoms with Crippen molar-refractivity contribution in [2.75, 3.05) is 26.2 Å². The van der Waals surface area contributed by atoms with Gasteiger partial charge < -0.3 is 9.64 Å². The van der Waals surface area contributed by atoms with E-state index in [0.29, 0.717) is 18.9 Å². The van der Waals surface area contributed by atoms with Gasteiger partial charge in [0.2, 0.25) is 0 Å². The van der Waals surface area contributed by atoms with Crippen molar-refractivity contribution in [2.45, 2.75) is 25.2 Å². The molecule has 0 radical (unpaired) electrons. The Morgan fingerprint density at radius 1 is 1.22 bits per heavy atom. The summed E-state index contributed by atoms with van der Waals surface area (Å²) in [4.78, 5) is 26.8. The van der Waals surface area contributed by atoms with Crippen LogP contribution in [-0.2, 0) is 0 Å². The predicted octanol–water partition coefficient (Wildman–Crippen LogP) is 3.85. The number of Topliss-reactive ketones (excluding diaryl/α,β-unsaturated/α-hetero) is 2. The molecule has 0 amide bonds. The number of hydrogen-bond donors (Lipinski definition) is 0. The highest BCUT2D eigenvalue weighted by molar-refractivity contribution is 6.03. The highest BCUT2D eigenvalue weighted by atomic mass is 19.1. The number of carbonyl (C=O) groups is 2. The number of nitrogens with zero attached hydrogens (tertiary/aromatic N) is 1. The van der Waals surface area contributed by atoms with Crippen LogP contribution in [0.2, 0.25) is 0 Å². The Kier molecular flexibility index (Phi) is 5.03. The molecule has 2 aromatic carbocycles. The molecule has 1 unspecified atom stereocenters. The van der Waals surface area contributed by atoms with E-state index >= 15 is 0 Å². The normalized spacial score (nSPS) is 19.6. The number of ether oxygens (including phenoxy) is 1. The number of hydrogen-bond acceptors (Lipinski definition) is 4. The molecule has 2 aliphatic rings. The van der Waals surface area contributed by atoms with Crippen LogP contribution in [-0.4, -0.2) is 42.7 Å². The molecule has 0 N–H and O–H groups in total. The van der Waals surface area contributed by atoms with Gasteiger partial charge in [-0.1, -0.05) is 30.3 Å². The minimum absolute atomic E-state index is 0.0203. The van der Waals surface area contributed by atoms with Gasteiger partial charge in [-0.15, -0.1) is 0 Å². The molecule has 2 heterocycles. The topological polar surface area (TPSA) is 46.6 Å². The maximum Gasteiger partial charge on any atom is 0.170 e. The second-order valence-corrected chi connectivity index (χ2v) is 7.23. The molecular formula is C22H22FNO3. The van der Waals surface area contributed by atoms with E-state index in [2.05, 4.69) is 29.2 Å². The summed E-state index contributed by atoms with van der Waals surface area (Å²) in [5.41, 5.74) is 1.78. The van der Waals surface area contributed by atoms with Gasteiger partial charge in [0, 0.05) is 31.5 Å². The van der Waals surface area contributed by atoms with Crippen molar-refractivity contribution in [3.63, 3.8) is 0 Å². The molecular weight excluding hydrogens is 345 g/mol. The number of benzene rings is 2. The average Bonchev–Trinajstić information content (AvgIpc) is 3.16. The molecule has 1 fully saturated rings. The van der Waals surface area contributed by atoms with E-state index in [1.54, 1.807) is 0 Å². The Balaban J connectivity index is 1.38. The second kappa shape index (κ2) is 7.61. The summed E-state index contributed by atoms with van der Waals surface area (Å²) >= 11 is 0. The lowest BCUT2D eigenvalue weighted by Gasteiger charge is -2.18. The van der Waals surface area contributed by atoms with E-state index in [1.807, 2.05) is 6.07 Å². The van der Waals surface area contributed by atoms with E-state index in [0.717, 1.165) is 19.5 Å². The fourth-order valence-electron chi connectivity index (χ4n) is 3.93. The zero-order valence-corrected chi connectivity index (χ0v) is 15.1. The van der Waals surface area contributed by atoms with E-state index < -0.39 is 5.82 Å². The van der Waals surface area contributed by atoms with Gasteiger partial charge in [0.25, 0.3) is 0 Å². The second-order valence-electron chi connectivity index (χ2n) is 7.23. The first kappa shape index (κ1) is 17.9. The summed E-state index contributed by atoms with van der Waals surface area (Å²) in [6, 6.07) is 13.1. The van der Waals surface area contributed by atoms with Crippen LogP contribution in [0, 0.1) is 5.82 Å². The molecule has 2 aromatic rings. The standard InChI is InChI=1S/C22H22FNO3/c23-19-13-17(12-18-21(26)8-11-27-22(18)19)20(25)7-10-24-9-6-16(14-24)15-4-2-1-3-5-15/h1-5,12-13,16H,6-11,14H2. The lowest BCUT2D eigenvalue weighted by Crippen LogP contribution is -2.24. The largest absolute Gasteiger partial charge is 0.489 e. The predicted molar refractivity (Wildman–Crippen MR) is 100 cm³/mol. The molecule has 140 valence electrons. The summed E-state index contributed by atoms with van der Waals surface area (Å²) in [6.07, 6.45) is 1.62. The highest BCUT2D eigenvalue weighted by Crippen LogP contribution is 2.30. The van der Waals surface area contributed by atoms with Crippen molar-refractivity contribution < 1.29 is 18.7 Å². The minimum Gasteiger partial charge on any atom is -0.489 e. The van der Waals surface area contributed by atoms with Gasteiger partial charge >= 0.3 is 0 Å². The van der Waals surface area contributed by atoms with Crippen molar-refractivity contribution in [1.29, 1.82) is 0 Å². The Morgan fingerprint density at radius 2 is 2.04 bits per heavy atom. The first-order valence-corrected chi connectivity index (χ1v) is 9.42. The third kappa shape index (κ3) is 3.78. The zero-order chi connectivity index (χ0) is 18.8. The molecule has 0 bridgehead atoms. The van der Waals surface area contributed by atoms with Gasteiger partial charge in [0.05, 0.1) is 12.2 Å². The van der Waals surface area contributed by atoms with Crippen LogP contribution in [0.25, 0.3) is 0 Å². The fraction of sp³-hybridized carbons (Fsp3) is 0.364. The average molecular weight is 367 g/mol.